The van der Waals surface area contributed by atoms with Gasteiger partial charge in [0.1, 0.15) is 0 Å². The predicted molar refractivity (Wildman–Crippen MR) is 89.4 cm³/mol. The van der Waals surface area contributed by atoms with Crippen molar-refractivity contribution in [1.82, 2.24) is 0 Å². The van der Waals surface area contributed by atoms with Gasteiger partial charge in [-0.05, 0) is 46.7 Å². The van der Waals surface area contributed by atoms with E-state index >= 15 is 0 Å². The molecule has 0 unspecified atom stereocenters. The maximum atomic E-state index is 6.19. The first-order valence-corrected chi connectivity index (χ1v) is 7.74. The van der Waals surface area contributed by atoms with E-state index in [0.29, 0.717) is 0 Å². The molecule has 100 valence electrons. The highest BCUT2D eigenvalue weighted by Gasteiger charge is 2.03. The lowest BCUT2D eigenvalue weighted by molar-refractivity contribution is 1.39. The monoisotopic (exact) mass is 299 g/mol. The van der Waals surface area contributed by atoms with Gasteiger partial charge in [-0.15, -0.1) is 11.8 Å². The number of anilines is 1. The van der Waals surface area contributed by atoms with Crippen molar-refractivity contribution < 1.29 is 0 Å². The van der Waals surface area contributed by atoms with Crippen LogP contribution in [0.3, 0.4) is 0 Å². The van der Waals surface area contributed by atoms with Gasteiger partial charge in [0.25, 0.3) is 0 Å². The smallest absolute Gasteiger partial charge is 0.0448 e. The molecule has 0 aliphatic rings. The maximum Gasteiger partial charge on any atom is 0.0448 e. The fourth-order valence-electron chi connectivity index (χ4n) is 2.12. The van der Waals surface area contributed by atoms with Crippen LogP contribution in [0.5, 0.6) is 0 Å². The van der Waals surface area contributed by atoms with E-state index in [4.69, 9.17) is 17.3 Å². The Bertz CT molecular complexity index is 755. The van der Waals surface area contributed by atoms with E-state index < -0.39 is 0 Å². The minimum absolute atomic E-state index is 0.753. The third-order valence-corrected chi connectivity index (χ3v) is 4.60. The van der Waals surface area contributed by atoms with Gasteiger partial charge in [-0.25, -0.2) is 0 Å². The number of hydrogen-bond acceptors (Lipinski definition) is 2. The fourth-order valence-corrected chi connectivity index (χ4v) is 3.32. The summed E-state index contributed by atoms with van der Waals surface area (Å²) in [6, 6.07) is 20.5. The van der Waals surface area contributed by atoms with Crippen LogP contribution in [0.1, 0.15) is 5.56 Å². The molecule has 0 heterocycles. The summed E-state index contributed by atoms with van der Waals surface area (Å²) >= 11 is 7.96. The second-order valence-corrected chi connectivity index (χ2v) is 6.10. The molecular weight excluding hydrogens is 286 g/mol. The Morgan fingerprint density at radius 2 is 1.70 bits per heavy atom. The SMILES string of the molecule is Nc1ccc(Cl)c(CSc2ccc3ccccc3c2)c1. The molecule has 3 rings (SSSR count). The highest BCUT2D eigenvalue weighted by atomic mass is 35.5. The summed E-state index contributed by atoms with van der Waals surface area (Å²) in [6.45, 7) is 0. The van der Waals surface area contributed by atoms with Gasteiger partial charge in [-0.1, -0.05) is 41.9 Å². The lowest BCUT2D eigenvalue weighted by Gasteiger charge is -2.06. The Hall–Kier alpha value is -1.64. The first kappa shape index (κ1) is 13.3. The zero-order chi connectivity index (χ0) is 13.9. The van der Waals surface area contributed by atoms with Crippen molar-refractivity contribution in [3.8, 4) is 0 Å². The van der Waals surface area contributed by atoms with Gasteiger partial charge in [-0.2, -0.15) is 0 Å². The first-order valence-electron chi connectivity index (χ1n) is 6.38. The molecule has 0 bridgehead atoms. The Balaban J connectivity index is 1.81. The minimum Gasteiger partial charge on any atom is -0.399 e. The second-order valence-electron chi connectivity index (χ2n) is 4.65. The molecule has 0 aromatic heterocycles. The van der Waals surface area contributed by atoms with Crippen LogP contribution >= 0.6 is 23.4 Å². The van der Waals surface area contributed by atoms with Crippen molar-refractivity contribution in [1.29, 1.82) is 0 Å². The van der Waals surface area contributed by atoms with Crippen molar-refractivity contribution in [3.05, 3.63) is 71.2 Å². The number of nitrogens with two attached hydrogens (primary N) is 1. The van der Waals surface area contributed by atoms with E-state index in [1.807, 2.05) is 18.2 Å². The molecule has 3 heteroatoms. The number of halogens is 1. The van der Waals surface area contributed by atoms with Crippen LogP contribution in [0, 0.1) is 0 Å². The Labute approximate surface area is 127 Å². The summed E-state index contributed by atoms with van der Waals surface area (Å²) in [5, 5.41) is 3.29. The summed E-state index contributed by atoms with van der Waals surface area (Å²) in [6.07, 6.45) is 0. The molecule has 0 amide bonds. The molecule has 0 saturated carbocycles. The molecule has 0 radical (unpaired) electrons. The summed E-state index contributed by atoms with van der Waals surface area (Å²) in [5.74, 6) is 0.822. The molecule has 2 N–H and O–H groups in total. The number of thioether (sulfide) groups is 1. The van der Waals surface area contributed by atoms with Crippen LogP contribution in [-0.4, -0.2) is 0 Å². The molecule has 0 aliphatic carbocycles. The van der Waals surface area contributed by atoms with Crippen molar-refractivity contribution in [2.45, 2.75) is 10.6 Å². The van der Waals surface area contributed by atoms with Crippen LogP contribution < -0.4 is 5.73 Å². The Morgan fingerprint density at radius 1 is 0.900 bits per heavy atom. The van der Waals surface area contributed by atoms with Crippen LogP contribution in [0.15, 0.2) is 65.6 Å². The predicted octanol–water partition coefficient (Wildman–Crippen LogP) is 5.37. The van der Waals surface area contributed by atoms with Gasteiger partial charge in [-0.3, -0.25) is 0 Å². The van der Waals surface area contributed by atoms with E-state index in [2.05, 4.69) is 42.5 Å². The molecule has 0 saturated heterocycles. The normalized spacial score (nSPS) is 10.8. The van der Waals surface area contributed by atoms with Gasteiger partial charge < -0.3 is 5.73 Å². The van der Waals surface area contributed by atoms with Gasteiger partial charge in [0.05, 0.1) is 0 Å². The number of rotatable bonds is 3. The molecular formula is C17H14ClNS. The van der Waals surface area contributed by atoms with Gasteiger partial charge in [0.15, 0.2) is 0 Å². The highest BCUT2D eigenvalue weighted by Crippen LogP contribution is 2.29. The summed E-state index contributed by atoms with van der Waals surface area (Å²) in [5.41, 5.74) is 7.63. The zero-order valence-electron chi connectivity index (χ0n) is 10.8. The van der Waals surface area contributed by atoms with Gasteiger partial charge in [0.2, 0.25) is 0 Å². The average molecular weight is 300 g/mol. The third kappa shape index (κ3) is 2.92. The van der Waals surface area contributed by atoms with Crippen LogP contribution in [0.25, 0.3) is 10.8 Å². The number of hydrogen-bond donors (Lipinski definition) is 1. The minimum atomic E-state index is 0.753. The van der Waals surface area contributed by atoms with E-state index in [-0.39, 0.29) is 0 Å². The van der Waals surface area contributed by atoms with Crippen LogP contribution in [0.2, 0.25) is 5.02 Å². The topological polar surface area (TPSA) is 26.0 Å². The standard InChI is InChI=1S/C17H14ClNS/c18-17-8-6-15(19)9-14(17)11-20-16-7-5-12-3-1-2-4-13(12)10-16/h1-10H,11,19H2. The molecule has 3 aromatic rings. The van der Waals surface area contributed by atoms with Gasteiger partial charge >= 0.3 is 0 Å². The van der Waals surface area contributed by atoms with Gasteiger partial charge in [0, 0.05) is 21.4 Å². The van der Waals surface area contributed by atoms with Crippen LogP contribution in [0.4, 0.5) is 5.69 Å². The quantitative estimate of drug-likeness (QED) is 0.520. The number of benzene rings is 3. The lowest BCUT2D eigenvalue weighted by Crippen LogP contribution is -1.88. The second kappa shape index (κ2) is 5.78. The summed E-state index contributed by atoms with van der Waals surface area (Å²) < 4.78 is 0. The maximum absolute atomic E-state index is 6.19. The van der Waals surface area contributed by atoms with Crippen molar-refractivity contribution >= 4 is 39.8 Å². The Morgan fingerprint density at radius 3 is 2.55 bits per heavy atom. The number of fused-ring (bicyclic) bond motifs is 1. The Kier molecular flexibility index (Phi) is 3.86. The highest BCUT2D eigenvalue weighted by molar-refractivity contribution is 7.98. The van der Waals surface area contributed by atoms with Crippen molar-refractivity contribution in [3.63, 3.8) is 0 Å². The molecule has 1 nitrogen and oxygen atoms in total. The van der Waals surface area contributed by atoms with E-state index in [1.54, 1.807) is 11.8 Å². The van der Waals surface area contributed by atoms with E-state index in [9.17, 15) is 0 Å². The molecule has 20 heavy (non-hydrogen) atoms. The number of nitrogen functional groups attached to an aromatic ring is 1. The summed E-state index contributed by atoms with van der Waals surface area (Å²) in [7, 11) is 0. The molecule has 0 atom stereocenters. The van der Waals surface area contributed by atoms with E-state index in [1.165, 1.54) is 15.7 Å². The van der Waals surface area contributed by atoms with E-state index in [0.717, 1.165) is 22.0 Å². The fraction of sp³-hybridized carbons (Fsp3) is 0.0588. The third-order valence-electron chi connectivity index (χ3n) is 3.19. The lowest BCUT2D eigenvalue weighted by atomic mass is 10.1. The molecule has 0 spiro atoms. The first-order chi connectivity index (χ1) is 9.72. The molecule has 0 fully saturated rings. The van der Waals surface area contributed by atoms with Crippen LogP contribution in [-0.2, 0) is 5.75 Å². The van der Waals surface area contributed by atoms with Crippen molar-refractivity contribution in [2.24, 2.45) is 0 Å². The van der Waals surface area contributed by atoms with Crippen molar-refractivity contribution in [2.75, 3.05) is 5.73 Å². The molecule has 3 aromatic carbocycles. The summed E-state index contributed by atoms with van der Waals surface area (Å²) in [4.78, 5) is 1.24. The average Bonchev–Trinajstić information content (AvgIpc) is 2.48. The molecule has 0 aliphatic heterocycles. The zero-order valence-corrected chi connectivity index (χ0v) is 12.4. The largest absolute Gasteiger partial charge is 0.399 e.